The highest BCUT2D eigenvalue weighted by atomic mass is 16.3. The number of hydrogen-bond acceptors (Lipinski definition) is 1. The molecule has 0 bridgehead atoms. The van der Waals surface area contributed by atoms with Crippen molar-refractivity contribution in [3.05, 3.63) is 33.4 Å². The monoisotopic (exact) mass is 248 g/mol. The van der Waals surface area contributed by atoms with Gasteiger partial charge in [-0.25, -0.2) is 0 Å². The molecule has 0 fully saturated rings. The zero-order chi connectivity index (χ0) is 14.0. The molecule has 2 unspecified atom stereocenters. The van der Waals surface area contributed by atoms with E-state index in [9.17, 15) is 5.11 Å². The van der Waals surface area contributed by atoms with E-state index in [-0.39, 0.29) is 6.10 Å². The lowest BCUT2D eigenvalue weighted by molar-refractivity contribution is 0.111. The van der Waals surface area contributed by atoms with Crippen LogP contribution >= 0.6 is 0 Å². The summed E-state index contributed by atoms with van der Waals surface area (Å²) >= 11 is 0. The van der Waals surface area contributed by atoms with Crippen molar-refractivity contribution in [2.45, 2.75) is 67.4 Å². The second kappa shape index (κ2) is 5.88. The van der Waals surface area contributed by atoms with Crippen LogP contribution in [0.25, 0.3) is 0 Å². The van der Waals surface area contributed by atoms with Crippen LogP contribution < -0.4 is 0 Å². The van der Waals surface area contributed by atoms with Crippen LogP contribution in [0, 0.1) is 40.5 Å². The summed E-state index contributed by atoms with van der Waals surface area (Å²) in [6.45, 7) is 15.1. The molecule has 0 aromatic heterocycles. The Labute approximate surface area is 112 Å². The lowest BCUT2D eigenvalue weighted by Gasteiger charge is -2.26. The zero-order valence-corrected chi connectivity index (χ0v) is 13.0. The van der Waals surface area contributed by atoms with Gasteiger partial charge in [0.05, 0.1) is 6.10 Å². The number of aliphatic hydroxyl groups excluding tert-OH is 1. The van der Waals surface area contributed by atoms with Gasteiger partial charge in [-0.15, -0.1) is 0 Å². The number of hydrogen-bond donors (Lipinski definition) is 1. The fourth-order valence-corrected chi connectivity index (χ4v) is 2.87. The molecular formula is C17H28O. The first-order valence-corrected chi connectivity index (χ1v) is 7.07. The maximum absolute atomic E-state index is 10.6. The molecule has 2 atom stereocenters. The third kappa shape index (κ3) is 2.61. The summed E-state index contributed by atoms with van der Waals surface area (Å²) in [6, 6.07) is 0. The van der Waals surface area contributed by atoms with Gasteiger partial charge in [0.15, 0.2) is 0 Å². The summed E-state index contributed by atoms with van der Waals surface area (Å²) in [5.41, 5.74) is 7.73. The van der Waals surface area contributed by atoms with Crippen molar-refractivity contribution in [2.75, 3.05) is 0 Å². The second-order valence-corrected chi connectivity index (χ2v) is 5.75. The maximum Gasteiger partial charge on any atom is 0.0820 e. The van der Waals surface area contributed by atoms with Crippen LogP contribution in [-0.2, 0) is 0 Å². The van der Waals surface area contributed by atoms with Gasteiger partial charge in [0.1, 0.15) is 0 Å². The Balaban J connectivity index is 3.32. The number of aliphatic hydroxyl groups is 1. The average molecular weight is 248 g/mol. The predicted octanol–water partition coefficient (Wildman–Crippen LogP) is 4.70. The van der Waals surface area contributed by atoms with E-state index in [2.05, 4.69) is 48.5 Å². The number of benzene rings is 1. The highest BCUT2D eigenvalue weighted by Gasteiger charge is 2.22. The third-order valence-electron chi connectivity index (χ3n) is 4.64. The Hall–Kier alpha value is -0.820. The van der Waals surface area contributed by atoms with Crippen molar-refractivity contribution < 1.29 is 5.11 Å². The molecule has 1 aromatic rings. The molecule has 1 heteroatoms. The summed E-state index contributed by atoms with van der Waals surface area (Å²) in [5, 5.41) is 10.6. The minimum absolute atomic E-state index is 0.328. The number of rotatable bonds is 4. The van der Waals surface area contributed by atoms with E-state index >= 15 is 0 Å². The summed E-state index contributed by atoms with van der Waals surface area (Å²) in [4.78, 5) is 0. The van der Waals surface area contributed by atoms with Gasteiger partial charge in [-0.2, -0.15) is 0 Å². The van der Waals surface area contributed by atoms with Crippen LogP contribution in [0.15, 0.2) is 0 Å². The minimum Gasteiger partial charge on any atom is -0.388 e. The fourth-order valence-electron chi connectivity index (χ4n) is 2.87. The molecule has 0 aliphatic carbocycles. The van der Waals surface area contributed by atoms with Crippen molar-refractivity contribution in [3.63, 3.8) is 0 Å². The van der Waals surface area contributed by atoms with Crippen LogP contribution in [0.5, 0.6) is 0 Å². The Morgan fingerprint density at radius 2 is 1.22 bits per heavy atom. The van der Waals surface area contributed by atoms with Gasteiger partial charge in [-0.05, 0) is 80.3 Å². The average Bonchev–Trinajstić information content (AvgIpc) is 2.34. The highest BCUT2D eigenvalue weighted by Crippen LogP contribution is 2.34. The van der Waals surface area contributed by atoms with Crippen LogP contribution in [0.3, 0.4) is 0 Å². The van der Waals surface area contributed by atoms with E-state index in [4.69, 9.17) is 0 Å². The molecule has 1 aromatic carbocycles. The molecule has 102 valence electrons. The fraction of sp³-hybridized carbons (Fsp3) is 0.647. The molecule has 0 aliphatic heterocycles. The van der Waals surface area contributed by atoms with Crippen LogP contribution in [0.1, 0.15) is 66.2 Å². The Morgan fingerprint density at radius 3 is 1.61 bits per heavy atom. The van der Waals surface area contributed by atoms with Crippen LogP contribution in [0.2, 0.25) is 0 Å². The van der Waals surface area contributed by atoms with Crippen LogP contribution in [-0.4, -0.2) is 5.11 Å². The van der Waals surface area contributed by atoms with Crippen molar-refractivity contribution in [1.82, 2.24) is 0 Å². The highest BCUT2D eigenvalue weighted by molar-refractivity contribution is 5.50. The topological polar surface area (TPSA) is 20.2 Å². The SMILES string of the molecule is CCCC(C)C(O)c1c(C)c(C)c(C)c(C)c1C. The third-order valence-corrected chi connectivity index (χ3v) is 4.64. The molecule has 0 radical (unpaired) electrons. The summed E-state index contributed by atoms with van der Waals surface area (Å²) < 4.78 is 0. The van der Waals surface area contributed by atoms with Crippen molar-refractivity contribution in [2.24, 2.45) is 5.92 Å². The Bertz CT molecular complexity index is 403. The van der Waals surface area contributed by atoms with Gasteiger partial charge < -0.3 is 5.11 Å². The van der Waals surface area contributed by atoms with E-state index in [0.717, 1.165) is 18.4 Å². The van der Waals surface area contributed by atoms with E-state index in [1.54, 1.807) is 0 Å². The molecule has 1 rings (SSSR count). The van der Waals surface area contributed by atoms with Gasteiger partial charge in [0, 0.05) is 0 Å². The molecule has 0 saturated carbocycles. The first-order valence-electron chi connectivity index (χ1n) is 7.07. The van der Waals surface area contributed by atoms with E-state index in [0.29, 0.717) is 5.92 Å². The summed E-state index contributed by atoms with van der Waals surface area (Å²) in [7, 11) is 0. The van der Waals surface area contributed by atoms with Gasteiger partial charge in [0.25, 0.3) is 0 Å². The normalized spacial score (nSPS) is 14.7. The quantitative estimate of drug-likeness (QED) is 0.819. The van der Waals surface area contributed by atoms with Gasteiger partial charge in [0.2, 0.25) is 0 Å². The minimum atomic E-state index is -0.331. The van der Waals surface area contributed by atoms with E-state index in [1.807, 2.05) is 0 Å². The molecule has 0 saturated heterocycles. The maximum atomic E-state index is 10.6. The van der Waals surface area contributed by atoms with Crippen molar-refractivity contribution in [1.29, 1.82) is 0 Å². The predicted molar refractivity (Wildman–Crippen MR) is 79.2 cm³/mol. The molecule has 0 spiro atoms. The lowest BCUT2D eigenvalue weighted by Crippen LogP contribution is -2.14. The van der Waals surface area contributed by atoms with Gasteiger partial charge in [-0.3, -0.25) is 0 Å². The smallest absolute Gasteiger partial charge is 0.0820 e. The molecule has 1 nitrogen and oxygen atoms in total. The second-order valence-electron chi connectivity index (χ2n) is 5.75. The summed E-state index contributed by atoms with van der Waals surface area (Å²) in [6.07, 6.45) is 1.87. The first-order chi connectivity index (χ1) is 8.32. The molecule has 0 heterocycles. The van der Waals surface area contributed by atoms with Gasteiger partial charge in [-0.1, -0.05) is 20.3 Å². The summed E-state index contributed by atoms with van der Waals surface area (Å²) in [5.74, 6) is 0.328. The molecular weight excluding hydrogens is 220 g/mol. The van der Waals surface area contributed by atoms with Crippen molar-refractivity contribution in [3.8, 4) is 0 Å². The van der Waals surface area contributed by atoms with E-state index in [1.165, 1.54) is 27.8 Å². The zero-order valence-electron chi connectivity index (χ0n) is 13.0. The van der Waals surface area contributed by atoms with Crippen LogP contribution in [0.4, 0.5) is 0 Å². The Morgan fingerprint density at radius 1 is 0.833 bits per heavy atom. The largest absolute Gasteiger partial charge is 0.388 e. The molecule has 1 N–H and O–H groups in total. The molecule has 0 amide bonds. The van der Waals surface area contributed by atoms with E-state index < -0.39 is 0 Å². The molecule has 0 aliphatic rings. The standard InChI is InChI=1S/C17H28O/c1-8-9-10(2)17(18)16-14(6)12(4)11(3)13(5)15(16)7/h10,17-18H,8-9H2,1-7H3. The first kappa shape index (κ1) is 15.2. The van der Waals surface area contributed by atoms with Crippen molar-refractivity contribution >= 4 is 0 Å². The van der Waals surface area contributed by atoms with Gasteiger partial charge >= 0.3 is 0 Å². The Kier molecular flexibility index (Phi) is 4.98. The molecule has 18 heavy (non-hydrogen) atoms. The lowest BCUT2D eigenvalue weighted by atomic mass is 9.83.